The van der Waals surface area contributed by atoms with Crippen LogP contribution in [0.3, 0.4) is 0 Å². The van der Waals surface area contributed by atoms with Crippen molar-refractivity contribution in [2.24, 2.45) is 11.0 Å². The third kappa shape index (κ3) is 3.87. The van der Waals surface area contributed by atoms with Gasteiger partial charge in [-0.15, -0.1) is 0 Å². The Hall–Kier alpha value is -2.44. The Balaban J connectivity index is 1.55. The van der Waals surface area contributed by atoms with Gasteiger partial charge in [-0.1, -0.05) is 76.6 Å². The Kier molecular flexibility index (Phi) is 5.56. The highest BCUT2D eigenvalue weighted by Crippen LogP contribution is 2.58. The van der Waals surface area contributed by atoms with Crippen LogP contribution in [0.1, 0.15) is 23.1 Å². The van der Waals surface area contributed by atoms with Crippen LogP contribution in [-0.4, -0.2) is 17.2 Å². The average molecular weight is 514 g/mol. The lowest BCUT2D eigenvalue weighted by atomic mass is 9.85. The van der Waals surface area contributed by atoms with E-state index in [2.05, 4.69) is 66.7 Å². The third-order valence-corrected chi connectivity index (χ3v) is 6.35. The number of hydrogen-bond acceptors (Lipinski definition) is 3. The van der Waals surface area contributed by atoms with Crippen LogP contribution in [0.15, 0.2) is 86.8 Å². The molecule has 1 atom stereocenters. The van der Waals surface area contributed by atoms with Gasteiger partial charge in [0.2, 0.25) is 5.91 Å². The summed E-state index contributed by atoms with van der Waals surface area (Å²) in [5.74, 6) is -0.268. The Morgan fingerprint density at radius 1 is 1.03 bits per heavy atom. The second-order valence-corrected chi connectivity index (χ2v) is 8.79. The summed E-state index contributed by atoms with van der Waals surface area (Å²) in [7, 11) is 0. The summed E-state index contributed by atoms with van der Waals surface area (Å²) >= 11 is 6.67. The first-order valence-corrected chi connectivity index (χ1v) is 10.7. The van der Waals surface area contributed by atoms with Crippen molar-refractivity contribution in [2.45, 2.75) is 11.8 Å². The van der Waals surface area contributed by atoms with Gasteiger partial charge in [-0.3, -0.25) is 4.79 Å². The number of benzene rings is 3. The summed E-state index contributed by atoms with van der Waals surface area (Å²) in [5, 5.41) is 14.2. The van der Waals surface area contributed by atoms with Gasteiger partial charge in [0.05, 0.1) is 16.6 Å². The van der Waals surface area contributed by atoms with Crippen molar-refractivity contribution in [1.29, 1.82) is 0 Å². The number of aromatic hydroxyl groups is 1. The average Bonchev–Trinajstić information content (AvgIpc) is 3.50. The number of carbonyl (C=O) groups excluding carboxylic acids is 1. The maximum atomic E-state index is 12.9. The lowest BCUT2D eigenvalue weighted by molar-refractivity contribution is -0.122. The predicted octanol–water partition coefficient (Wildman–Crippen LogP) is 5.37. The molecule has 2 N–H and O–H groups in total. The highest BCUT2D eigenvalue weighted by atomic mass is 79.9. The summed E-state index contributed by atoms with van der Waals surface area (Å²) in [4.78, 5) is 12.9. The largest absolute Gasteiger partial charge is 0.506 e. The van der Waals surface area contributed by atoms with Gasteiger partial charge >= 0.3 is 0 Å². The minimum Gasteiger partial charge on any atom is -0.506 e. The van der Waals surface area contributed by atoms with Crippen LogP contribution in [0.4, 0.5) is 0 Å². The van der Waals surface area contributed by atoms with Crippen molar-refractivity contribution in [3.63, 3.8) is 0 Å². The minimum absolute atomic E-state index is 0.0699. The molecule has 1 fully saturated rings. The van der Waals surface area contributed by atoms with E-state index < -0.39 is 0 Å². The summed E-state index contributed by atoms with van der Waals surface area (Å²) < 4.78 is 1.35. The molecular weight excluding hydrogens is 496 g/mol. The van der Waals surface area contributed by atoms with Crippen molar-refractivity contribution in [1.82, 2.24) is 5.43 Å². The highest BCUT2D eigenvalue weighted by Gasteiger charge is 2.60. The lowest BCUT2D eigenvalue weighted by Gasteiger charge is -2.18. The number of amides is 1. The normalized spacial score (nSPS) is 17.2. The van der Waals surface area contributed by atoms with Crippen molar-refractivity contribution in [2.75, 3.05) is 0 Å². The molecule has 0 aliphatic heterocycles. The Morgan fingerprint density at radius 2 is 1.62 bits per heavy atom. The number of hydrogen-bond donors (Lipinski definition) is 2. The van der Waals surface area contributed by atoms with Gasteiger partial charge < -0.3 is 5.11 Å². The van der Waals surface area contributed by atoms with Gasteiger partial charge in [-0.25, -0.2) is 5.43 Å². The molecule has 6 heteroatoms. The molecule has 4 nitrogen and oxygen atoms in total. The second kappa shape index (κ2) is 8.13. The molecule has 0 heterocycles. The van der Waals surface area contributed by atoms with E-state index >= 15 is 0 Å². The van der Waals surface area contributed by atoms with Crippen LogP contribution in [0.2, 0.25) is 0 Å². The summed E-state index contributed by atoms with van der Waals surface area (Å²) in [6, 6.07) is 23.7. The van der Waals surface area contributed by atoms with Gasteiger partial charge in [0.25, 0.3) is 0 Å². The Bertz CT molecular complexity index is 1030. The second-order valence-electron chi connectivity index (χ2n) is 7.02. The predicted molar refractivity (Wildman–Crippen MR) is 121 cm³/mol. The van der Waals surface area contributed by atoms with Crippen LogP contribution in [0.5, 0.6) is 5.75 Å². The number of carbonyl (C=O) groups is 1. The van der Waals surface area contributed by atoms with E-state index in [1.54, 1.807) is 12.1 Å². The van der Waals surface area contributed by atoms with Gasteiger partial charge in [0.15, 0.2) is 0 Å². The number of nitrogens with one attached hydrogen (secondary N) is 1. The number of rotatable bonds is 5. The van der Waals surface area contributed by atoms with Crippen LogP contribution < -0.4 is 5.43 Å². The lowest BCUT2D eigenvalue weighted by Crippen LogP contribution is -2.25. The SMILES string of the molecule is O=C(NN=Cc1cc(Br)cc(Br)c1O)C1CC1(c1ccccc1)c1ccccc1. The quantitative estimate of drug-likeness (QED) is 0.355. The van der Waals surface area contributed by atoms with Gasteiger partial charge in [-0.2, -0.15) is 5.10 Å². The molecule has 3 aromatic carbocycles. The Morgan fingerprint density at radius 3 is 2.21 bits per heavy atom. The number of phenolic OH excluding ortho intramolecular Hbond substituents is 1. The van der Waals surface area contributed by atoms with E-state index in [1.165, 1.54) is 6.21 Å². The smallest absolute Gasteiger partial charge is 0.244 e. The fraction of sp³-hybridized carbons (Fsp3) is 0.130. The molecule has 0 spiro atoms. The maximum absolute atomic E-state index is 12.9. The summed E-state index contributed by atoms with van der Waals surface area (Å²) in [5.41, 5.74) is 5.07. The van der Waals surface area contributed by atoms with E-state index in [4.69, 9.17) is 0 Å². The van der Waals surface area contributed by atoms with Crippen molar-refractivity contribution in [3.8, 4) is 5.75 Å². The first-order chi connectivity index (χ1) is 14.0. The van der Waals surface area contributed by atoms with Crippen LogP contribution >= 0.6 is 31.9 Å². The molecule has 1 aliphatic rings. The van der Waals surface area contributed by atoms with Crippen molar-refractivity contribution >= 4 is 44.0 Å². The molecule has 0 radical (unpaired) electrons. The van der Waals surface area contributed by atoms with Crippen LogP contribution in [0, 0.1) is 5.92 Å². The highest BCUT2D eigenvalue weighted by molar-refractivity contribution is 9.11. The van der Waals surface area contributed by atoms with Crippen LogP contribution in [0.25, 0.3) is 0 Å². The topological polar surface area (TPSA) is 61.7 Å². The first-order valence-electron chi connectivity index (χ1n) is 9.14. The van der Waals surface area contributed by atoms with Crippen LogP contribution in [-0.2, 0) is 10.2 Å². The molecule has 0 aromatic heterocycles. The zero-order valence-electron chi connectivity index (χ0n) is 15.3. The van der Waals surface area contributed by atoms with Crippen molar-refractivity contribution < 1.29 is 9.90 Å². The monoisotopic (exact) mass is 512 g/mol. The Labute approximate surface area is 185 Å². The number of hydrazone groups is 1. The van der Waals surface area contributed by atoms with Gasteiger partial charge in [0.1, 0.15) is 5.75 Å². The van der Waals surface area contributed by atoms with E-state index in [9.17, 15) is 9.90 Å². The van der Waals surface area contributed by atoms with E-state index in [0.717, 1.165) is 22.0 Å². The molecule has 0 bridgehead atoms. The van der Waals surface area contributed by atoms with Crippen molar-refractivity contribution in [3.05, 3.63) is 98.4 Å². The van der Waals surface area contributed by atoms with E-state index in [-0.39, 0.29) is 23.0 Å². The van der Waals surface area contributed by atoms with Gasteiger partial charge in [0, 0.05) is 15.5 Å². The number of halogens is 2. The molecule has 1 unspecified atom stereocenters. The van der Waals surface area contributed by atoms with E-state index in [1.807, 2.05) is 36.4 Å². The molecular formula is C23H18Br2N2O2. The first kappa shape index (κ1) is 19.9. The molecule has 4 rings (SSSR count). The molecule has 1 aliphatic carbocycles. The van der Waals surface area contributed by atoms with Gasteiger partial charge in [-0.05, 0) is 45.6 Å². The third-order valence-electron chi connectivity index (χ3n) is 5.29. The minimum atomic E-state index is -0.330. The summed E-state index contributed by atoms with van der Waals surface area (Å²) in [6.07, 6.45) is 2.17. The molecule has 1 amide bonds. The molecule has 0 saturated heterocycles. The zero-order valence-corrected chi connectivity index (χ0v) is 18.5. The summed E-state index contributed by atoms with van der Waals surface area (Å²) in [6.45, 7) is 0. The zero-order chi connectivity index (χ0) is 20.4. The molecule has 29 heavy (non-hydrogen) atoms. The number of phenols is 1. The standard InChI is InChI=1S/C23H18Br2N2O2/c24-18-11-15(21(28)20(25)12-18)14-26-27-22(29)19-13-23(19,16-7-3-1-4-8-16)17-9-5-2-6-10-17/h1-12,14,19,28H,13H2,(H,27,29). The maximum Gasteiger partial charge on any atom is 0.244 e. The fourth-order valence-corrected chi connectivity index (χ4v) is 5.04. The molecule has 1 saturated carbocycles. The number of nitrogens with zero attached hydrogens (tertiary/aromatic N) is 1. The molecule has 146 valence electrons. The van der Waals surface area contributed by atoms with E-state index in [0.29, 0.717) is 10.0 Å². The fourth-order valence-electron chi connectivity index (χ4n) is 3.78. The molecule has 3 aromatic rings.